The summed E-state index contributed by atoms with van der Waals surface area (Å²) >= 11 is 5.52. The fourth-order valence-corrected chi connectivity index (χ4v) is 1.64. The van der Waals surface area contributed by atoms with Crippen molar-refractivity contribution in [2.45, 2.75) is 18.9 Å². The van der Waals surface area contributed by atoms with E-state index in [-0.39, 0.29) is 5.91 Å². The molecule has 1 aromatic carbocycles. The summed E-state index contributed by atoms with van der Waals surface area (Å²) in [6.07, 6.45) is 0.875. The Morgan fingerprint density at radius 1 is 1.33 bits per heavy atom. The molecule has 0 fully saturated rings. The maximum Gasteiger partial charge on any atom is 0.333 e. The number of ether oxygens (including phenoxy) is 1. The Morgan fingerprint density at radius 3 is 2.56 bits per heavy atom. The Balaban J connectivity index is 2.74. The number of methoxy groups -OCH3 is 1. The standard InChI is InChI=1S/C13H16ClNO3/c1-18-13(17)12(10-6-3-2-4-7-10)15-11(16)8-5-9-14/h2-4,6-7,12H,5,8-9H2,1H3,(H,15,16). The van der Waals surface area contributed by atoms with Crippen LogP contribution in [0.15, 0.2) is 30.3 Å². The number of benzene rings is 1. The number of carbonyl (C=O) groups excluding carboxylic acids is 2. The van der Waals surface area contributed by atoms with Gasteiger partial charge in [-0.15, -0.1) is 11.6 Å². The molecule has 0 saturated carbocycles. The van der Waals surface area contributed by atoms with Gasteiger partial charge in [0.05, 0.1) is 7.11 Å². The molecular formula is C13H16ClNO3. The molecule has 4 nitrogen and oxygen atoms in total. The van der Waals surface area contributed by atoms with Crippen LogP contribution in [0.3, 0.4) is 0 Å². The van der Waals surface area contributed by atoms with Crippen molar-refractivity contribution in [2.75, 3.05) is 13.0 Å². The molecule has 0 saturated heterocycles. The maximum atomic E-state index is 11.7. The van der Waals surface area contributed by atoms with E-state index in [1.165, 1.54) is 7.11 Å². The number of hydrogen-bond acceptors (Lipinski definition) is 3. The molecule has 0 aliphatic carbocycles. The Kier molecular flexibility index (Phi) is 6.22. The summed E-state index contributed by atoms with van der Waals surface area (Å²) in [5, 5.41) is 2.65. The number of nitrogens with one attached hydrogen (secondary N) is 1. The number of hydrogen-bond donors (Lipinski definition) is 1. The van der Waals surface area contributed by atoms with Crippen molar-refractivity contribution >= 4 is 23.5 Å². The zero-order valence-corrected chi connectivity index (χ0v) is 10.9. The molecule has 1 atom stereocenters. The second-order valence-electron chi connectivity index (χ2n) is 3.73. The molecule has 18 heavy (non-hydrogen) atoms. The van der Waals surface area contributed by atoms with Crippen LogP contribution < -0.4 is 5.32 Å². The molecule has 0 spiro atoms. The molecule has 0 aliphatic rings. The van der Waals surface area contributed by atoms with Gasteiger partial charge in [0.25, 0.3) is 0 Å². The van der Waals surface area contributed by atoms with Crippen LogP contribution in [-0.2, 0) is 14.3 Å². The minimum Gasteiger partial charge on any atom is -0.467 e. The first kappa shape index (κ1) is 14.5. The van der Waals surface area contributed by atoms with Crippen LogP contribution in [0.25, 0.3) is 0 Å². The summed E-state index contributed by atoms with van der Waals surface area (Å²) in [5.74, 6) is -0.280. The highest BCUT2D eigenvalue weighted by atomic mass is 35.5. The van der Waals surface area contributed by atoms with Crippen molar-refractivity contribution in [3.05, 3.63) is 35.9 Å². The van der Waals surface area contributed by atoms with Crippen LogP contribution in [0.2, 0.25) is 0 Å². The van der Waals surface area contributed by atoms with E-state index >= 15 is 0 Å². The Bertz CT molecular complexity index is 394. The van der Waals surface area contributed by atoms with E-state index in [9.17, 15) is 9.59 Å². The first-order chi connectivity index (χ1) is 8.69. The fourth-order valence-electron chi connectivity index (χ4n) is 1.50. The predicted molar refractivity (Wildman–Crippen MR) is 69.3 cm³/mol. The summed E-state index contributed by atoms with van der Waals surface area (Å²) < 4.78 is 4.69. The van der Waals surface area contributed by atoms with Crippen LogP contribution in [0.5, 0.6) is 0 Å². The molecule has 1 rings (SSSR count). The summed E-state index contributed by atoms with van der Waals surface area (Å²) in [6, 6.07) is 8.21. The summed E-state index contributed by atoms with van der Waals surface area (Å²) in [6.45, 7) is 0. The van der Waals surface area contributed by atoms with Crippen molar-refractivity contribution in [1.29, 1.82) is 0 Å². The number of halogens is 1. The molecule has 5 heteroatoms. The lowest BCUT2D eigenvalue weighted by molar-refractivity contribution is -0.145. The van der Waals surface area contributed by atoms with Crippen LogP contribution in [0.1, 0.15) is 24.4 Å². The third-order valence-corrected chi connectivity index (χ3v) is 2.68. The van der Waals surface area contributed by atoms with Gasteiger partial charge in [-0.1, -0.05) is 30.3 Å². The first-order valence-corrected chi connectivity index (χ1v) is 6.20. The van der Waals surface area contributed by atoms with Crippen LogP contribution in [0, 0.1) is 0 Å². The third-order valence-electron chi connectivity index (χ3n) is 2.41. The predicted octanol–water partition coefficient (Wildman–Crippen LogP) is 2.04. The lowest BCUT2D eigenvalue weighted by Crippen LogP contribution is -2.34. The lowest BCUT2D eigenvalue weighted by Gasteiger charge is -2.16. The topological polar surface area (TPSA) is 55.4 Å². The van der Waals surface area contributed by atoms with Crippen molar-refractivity contribution in [3.63, 3.8) is 0 Å². The van der Waals surface area contributed by atoms with Crippen LogP contribution in [-0.4, -0.2) is 24.9 Å². The van der Waals surface area contributed by atoms with E-state index < -0.39 is 12.0 Å². The van der Waals surface area contributed by atoms with Gasteiger partial charge in [-0.3, -0.25) is 4.79 Å². The number of amides is 1. The van der Waals surface area contributed by atoms with Crippen molar-refractivity contribution < 1.29 is 14.3 Å². The Labute approximate surface area is 111 Å². The SMILES string of the molecule is COC(=O)C(NC(=O)CCCCl)c1ccccc1. The summed E-state index contributed by atoms with van der Waals surface area (Å²) in [4.78, 5) is 23.3. The second-order valence-corrected chi connectivity index (χ2v) is 4.10. The summed E-state index contributed by atoms with van der Waals surface area (Å²) in [7, 11) is 1.29. The number of alkyl halides is 1. The molecule has 0 heterocycles. The van der Waals surface area contributed by atoms with Crippen molar-refractivity contribution in [1.82, 2.24) is 5.32 Å². The van der Waals surface area contributed by atoms with Crippen molar-refractivity contribution in [2.24, 2.45) is 0 Å². The molecule has 0 aromatic heterocycles. The molecule has 98 valence electrons. The van der Waals surface area contributed by atoms with Gasteiger partial charge < -0.3 is 10.1 Å². The molecule has 0 radical (unpaired) electrons. The van der Waals surface area contributed by atoms with Gasteiger partial charge in [-0.05, 0) is 12.0 Å². The van der Waals surface area contributed by atoms with Gasteiger partial charge in [-0.25, -0.2) is 4.79 Å². The largest absolute Gasteiger partial charge is 0.467 e. The minimum atomic E-state index is -0.765. The molecular weight excluding hydrogens is 254 g/mol. The summed E-state index contributed by atoms with van der Waals surface area (Å²) in [5.41, 5.74) is 0.698. The molecule has 1 aromatic rings. The molecule has 1 unspecified atom stereocenters. The van der Waals surface area contributed by atoms with E-state index in [1.54, 1.807) is 24.3 Å². The van der Waals surface area contributed by atoms with Crippen LogP contribution >= 0.6 is 11.6 Å². The molecule has 1 amide bonds. The van der Waals surface area contributed by atoms with Gasteiger partial charge >= 0.3 is 5.97 Å². The highest BCUT2D eigenvalue weighted by Gasteiger charge is 2.22. The maximum absolute atomic E-state index is 11.7. The van der Waals surface area contributed by atoms with Gasteiger partial charge in [0.1, 0.15) is 0 Å². The highest BCUT2D eigenvalue weighted by molar-refractivity contribution is 6.17. The molecule has 0 bridgehead atoms. The van der Waals surface area contributed by atoms with E-state index in [4.69, 9.17) is 16.3 Å². The normalized spacial score (nSPS) is 11.7. The highest BCUT2D eigenvalue weighted by Crippen LogP contribution is 2.14. The van der Waals surface area contributed by atoms with Gasteiger partial charge in [0.15, 0.2) is 6.04 Å². The van der Waals surface area contributed by atoms with E-state index in [1.807, 2.05) is 6.07 Å². The third kappa shape index (κ3) is 4.37. The zero-order chi connectivity index (χ0) is 13.4. The lowest BCUT2D eigenvalue weighted by atomic mass is 10.1. The van der Waals surface area contributed by atoms with Crippen LogP contribution in [0.4, 0.5) is 0 Å². The first-order valence-electron chi connectivity index (χ1n) is 5.67. The zero-order valence-electron chi connectivity index (χ0n) is 10.2. The minimum absolute atomic E-state index is 0.213. The monoisotopic (exact) mass is 269 g/mol. The number of carbonyl (C=O) groups is 2. The van der Waals surface area contributed by atoms with Crippen molar-refractivity contribution in [3.8, 4) is 0 Å². The quantitative estimate of drug-likeness (QED) is 0.635. The Morgan fingerprint density at radius 2 is 2.00 bits per heavy atom. The van der Waals surface area contributed by atoms with E-state index in [2.05, 4.69) is 5.32 Å². The average Bonchev–Trinajstić information content (AvgIpc) is 2.42. The second kappa shape index (κ2) is 7.71. The van der Waals surface area contributed by atoms with Gasteiger partial charge in [0, 0.05) is 12.3 Å². The van der Waals surface area contributed by atoms with E-state index in [0.717, 1.165) is 0 Å². The molecule has 1 N–H and O–H groups in total. The average molecular weight is 270 g/mol. The Hall–Kier alpha value is -1.55. The number of rotatable bonds is 6. The molecule has 0 aliphatic heterocycles. The van der Waals surface area contributed by atoms with Gasteiger partial charge in [-0.2, -0.15) is 0 Å². The smallest absolute Gasteiger partial charge is 0.333 e. The van der Waals surface area contributed by atoms with E-state index in [0.29, 0.717) is 24.3 Å². The fraction of sp³-hybridized carbons (Fsp3) is 0.385. The number of esters is 1. The van der Waals surface area contributed by atoms with Gasteiger partial charge in [0.2, 0.25) is 5.91 Å².